The molecular formula is C18H27NO2. The minimum Gasteiger partial charge on any atom is -0.497 e. The standard InChI is InChI=1S/C18H27NO2/c1-21-16-10-8-15(9-11-16)18(20)13-19-12-4-6-14-5-2-3-7-17(14)19/h8-11,14,17-18,20H,2-7,12-13H2,1H3. The van der Waals surface area contributed by atoms with E-state index in [1.165, 1.54) is 38.5 Å². The third-order valence-electron chi connectivity index (χ3n) is 5.27. The number of β-amino-alcohol motifs (C(OH)–C–C–N with tert-alkyl or cyclic N) is 1. The summed E-state index contributed by atoms with van der Waals surface area (Å²) in [4.78, 5) is 2.54. The van der Waals surface area contributed by atoms with Crippen LogP contribution in [0.5, 0.6) is 5.75 Å². The number of likely N-dealkylation sites (tertiary alicyclic amines) is 1. The van der Waals surface area contributed by atoms with Gasteiger partial charge in [-0.1, -0.05) is 25.0 Å². The first-order valence-electron chi connectivity index (χ1n) is 8.34. The van der Waals surface area contributed by atoms with E-state index in [1.807, 2.05) is 24.3 Å². The van der Waals surface area contributed by atoms with Crippen LogP contribution in [0.3, 0.4) is 0 Å². The van der Waals surface area contributed by atoms with Gasteiger partial charge in [-0.3, -0.25) is 4.90 Å². The third kappa shape index (κ3) is 3.41. The molecule has 1 heterocycles. The monoisotopic (exact) mass is 289 g/mol. The van der Waals surface area contributed by atoms with E-state index in [4.69, 9.17) is 4.74 Å². The molecule has 0 spiro atoms. The van der Waals surface area contributed by atoms with Crippen LogP contribution in [0.15, 0.2) is 24.3 Å². The molecule has 1 aromatic carbocycles. The molecule has 1 aliphatic carbocycles. The summed E-state index contributed by atoms with van der Waals surface area (Å²) in [6, 6.07) is 8.52. The van der Waals surface area contributed by atoms with Gasteiger partial charge in [0, 0.05) is 12.6 Å². The number of hydrogen-bond donors (Lipinski definition) is 1. The fourth-order valence-corrected chi connectivity index (χ4v) is 4.11. The Labute approximate surface area is 127 Å². The Balaban J connectivity index is 1.63. The maximum atomic E-state index is 10.5. The molecule has 1 aliphatic heterocycles. The van der Waals surface area contributed by atoms with Gasteiger partial charge in [-0.15, -0.1) is 0 Å². The van der Waals surface area contributed by atoms with Crippen molar-refractivity contribution in [3.63, 3.8) is 0 Å². The molecule has 0 aromatic heterocycles. The summed E-state index contributed by atoms with van der Waals surface area (Å²) in [5.74, 6) is 1.71. The quantitative estimate of drug-likeness (QED) is 0.922. The number of piperidine rings is 1. The minimum absolute atomic E-state index is 0.392. The van der Waals surface area contributed by atoms with E-state index < -0.39 is 6.10 Å². The van der Waals surface area contributed by atoms with Crippen molar-refractivity contribution in [2.45, 2.75) is 50.7 Å². The average Bonchev–Trinajstić information content (AvgIpc) is 2.55. The second-order valence-corrected chi connectivity index (χ2v) is 6.54. The van der Waals surface area contributed by atoms with Gasteiger partial charge >= 0.3 is 0 Å². The summed E-state index contributed by atoms with van der Waals surface area (Å²) in [6.07, 6.45) is 7.75. The molecule has 1 saturated heterocycles. The smallest absolute Gasteiger partial charge is 0.118 e. The summed E-state index contributed by atoms with van der Waals surface area (Å²) in [6.45, 7) is 1.92. The molecule has 2 aliphatic rings. The highest BCUT2D eigenvalue weighted by molar-refractivity contribution is 5.28. The van der Waals surface area contributed by atoms with Gasteiger partial charge in [-0.05, 0) is 55.8 Å². The number of methoxy groups -OCH3 is 1. The lowest BCUT2D eigenvalue weighted by atomic mass is 9.78. The average molecular weight is 289 g/mol. The van der Waals surface area contributed by atoms with E-state index in [0.29, 0.717) is 6.04 Å². The number of aliphatic hydroxyl groups is 1. The van der Waals surface area contributed by atoms with Crippen molar-refractivity contribution in [2.24, 2.45) is 5.92 Å². The zero-order valence-electron chi connectivity index (χ0n) is 13.0. The molecule has 3 unspecified atom stereocenters. The second kappa shape index (κ2) is 6.80. The molecule has 3 nitrogen and oxygen atoms in total. The molecule has 3 atom stereocenters. The van der Waals surface area contributed by atoms with E-state index >= 15 is 0 Å². The normalized spacial score (nSPS) is 27.9. The van der Waals surface area contributed by atoms with Crippen LogP contribution in [0.4, 0.5) is 0 Å². The highest BCUT2D eigenvalue weighted by Gasteiger charge is 2.33. The molecule has 2 fully saturated rings. The third-order valence-corrected chi connectivity index (χ3v) is 5.27. The number of ether oxygens (including phenoxy) is 1. The highest BCUT2D eigenvalue weighted by Crippen LogP contribution is 2.36. The number of benzene rings is 1. The lowest BCUT2D eigenvalue weighted by Crippen LogP contribution is -2.48. The molecule has 0 amide bonds. The van der Waals surface area contributed by atoms with Crippen LogP contribution in [-0.4, -0.2) is 36.2 Å². The topological polar surface area (TPSA) is 32.7 Å². The van der Waals surface area contributed by atoms with Gasteiger partial charge in [-0.25, -0.2) is 0 Å². The molecule has 1 N–H and O–H groups in total. The van der Waals surface area contributed by atoms with Crippen molar-refractivity contribution in [3.8, 4) is 5.75 Å². The van der Waals surface area contributed by atoms with Crippen LogP contribution >= 0.6 is 0 Å². The van der Waals surface area contributed by atoms with Crippen LogP contribution in [0.2, 0.25) is 0 Å². The summed E-state index contributed by atoms with van der Waals surface area (Å²) >= 11 is 0. The Hall–Kier alpha value is -1.06. The Morgan fingerprint density at radius 1 is 1.14 bits per heavy atom. The lowest BCUT2D eigenvalue weighted by molar-refractivity contribution is 0.0205. The number of rotatable bonds is 4. The van der Waals surface area contributed by atoms with E-state index in [2.05, 4.69) is 4.90 Å². The SMILES string of the molecule is COc1ccc(C(O)CN2CCCC3CCCCC32)cc1. The molecule has 21 heavy (non-hydrogen) atoms. The van der Waals surface area contributed by atoms with Crippen LogP contribution in [0.25, 0.3) is 0 Å². The Bertz CT molecular complexity index is 443. The molecule has 0 radical (unpaired) electrons. The zero-order chi connectivity index (χ0) is 14.7. The number of aliphatic hydroxyl groups excluding tert-OH is 1. The van der Waals surface area contributed by atoms with Crippen molar-refractivity contribution in [2.75, 3.05) is 20.2 Å². The number of fused-ring (bicyclic) bond motifs is 1. The van der Waals surface area contributed by atoms with Crippen LogP contribution in [0, 0.1) is 5.92 Å². The van der Waals surface area contributed by atoms with Crippen molar-refractivity contribution in [1.29, 1.82) is 0 Å². The summed E-state index contributed by atoms with van der Waals surface area (Å²) < 4.78 is 5.18. The molecule has 1 aromatic rings. The summed E-state index contributed by atoms with van der Waals surface area (Å²) in [5, 5.41) is 10.5. The van der Waals surface area contributed by atoms with E-state index in [1.54, 1.807) is 7.11 Å². The van der Waals surface area contributed by atoms with Crippen molar-refractivity contribution >= 4 is 0 Å². The maximum absolute atomic E-state index is 10.5. The first-order chi connectivity index (χ1) is 10.3. The lowest BCUT2D eigenvalue weighted by Gasteiger charge is -2.44. The molecular weight excluding hydrogens is 262 g/mol. The van der Waals surface area contributed by atoms with Gasteiger partial charge in [0.05, 0.1) is 13.2 Å². The van der Waals surface area contributed by atoms with Crippen LogP contribution in [-0.2, 0) is 0 Å². The van der Waals surface area contributed by atoms with Crippen LogP contribution < -0.4 is 4.74 Å². The molecule has 1 saturated carbocycles. The number of nitrogens with zero attached hydrogens (tertiary/aromatic N) is 1. The minimum atomic E-state index is -0.392. The van der Waals surface area contributed by atoms with Gasteiger partial charge in [0.15, 0.2) is 0 Å². The highest BCUT2D eigenvalue weighted by atomic mass is 16.5. The van der Waals surface area contributed by atoms with Crippen LogP contribution in [0.1, 0.15) is 50.2 Å². The fourth-order valence-electron chi connectivity index (χ4n) is 4.11. The maximum Gasteiger partial charge on any atom is 0.118 e. The Morgan fingerprint density at radius 2 is 1.86 bits per heavy atom. The largest absolute Gasteiger partial charge is 0.497 e. The zero-order valence-corrected chi connectivity index (χ0v) is 13.0. The molecule has 3 heteroatoms. The van der Waals surface area contributed by atoms with Gasteiger partial charge in [-0.2, -0.15) is 0 Å². The van der Waals surface area contributed by atoms with Crippen molar-refractivity contribution in [3.05, 3.63) is 29.8 Å². The first-order valence-corrected chi connectivity index (χ1v) is 8.34. The van der Waals surface area contributed by atoms with E-state index in [9.17, 15) is 5.11 Å². The molecule has 116 valence electrons. The number of hydrogen-bond acceptors (Lipinski definition) is 3. The van der Waals surface area contributed by atoms with Gasteiger partial charge in [0.25, 0.3) is 0 Å². The van der Waals surface area contributed by atoms with Crippen molar-refractivity contribution in [1.82, 2.24) is 4.90 Å². The van der Waals surface area contributed by atoms with Gasteiger partial charge in [0.2, 0.25) is 0 Å². The molecule has 3 rings (SSSR count). The second-order valence-electron chi connectivity index (χ2n) is 6.54. The van der Waals surface area contributed by atoms with E-state index in [0.717, 1.165) is 30.3 Å². The Morgan fingerprint density at radius 3 is 2.62 bits per heavy atom. The summed E-state index contributed by atoms with van der Waals surface area (Å²) in [5.41, 5.74) is 0.994. The van der Waals surface area contributed by atoms with E-state index in [-0.39, 0.29) is 0 Å². The first kappa shape index (κ1) is 14.9. The predicted octanol–water partition coefficient (Wildman–Crippen LogP) is 3.38. The fraction of sp³-hybridized carbons (Fsp3) is 0.667. The van der Waals surface area contributed by atoms with Gasteiger partial charge < -0.3 is 9.84 Å². The van der Waals surface area contributed by atoms with Crippen molar-refractivity contribution < 1.29 is 9.84 Å². The van der Waals surface area contributed by atoms with Gasteiger partial charge in [0.1, 0.15) is 5.75 Å². The summed E-state index contributed by atoms with van der Waals surface area (Å²) in [7, 11) is 1.67. The molecule has 0 bridgehead atoms. The Kier molecular flexibility index (Phi) is 4.81. The predicted molar refractivity (Wildman–Crippen MR) is 84.5 cm³/mol.